The Hall–Kier alpha value is 0.249. The van der Waals surface area contributed by atoms with Gasteiger partial charge in [-0.2, -0.15) is 0 Å². The molecule has 0 spiro atoms. The number of rotatable bonds is 33. The molecule has 49 heavy (non-hydrogen) atoms. The summed E-state index contributed by atoms with van der Waals surface area (Å²) in [6.07, 6.45) is 34.3. The van der Waals surface area contributed by atoms with Crippen molar-refractivity contribution < 1.29 is 56.0 Å². The van der Waals surface area contributed by atoms with Crippen LogP contribution in [0.1, 0.15) is 213 Å². The molecular formula is C36H75FeO9S3. The van der Waals surface area contributed by atoms with E-state index in [1.54, 1.807) is 0 Å². The zero-order chi connectivity index (χ0) is 36.8. The van der Waals surface area contributed by atoms with Crippen LogP contribution in [0.25, 0.3) is 0 Å². The molecule has 0 N–H and O–H groups in total. The molecule has 0 fully saturated rings. The fourth-order valence-electron chi connectivity index (χ4n) is 5.30. The van der Waals surface area contributed by atoms with Crippen molar-refractivity contribution in [2.24, 2.45) is 0 Å². The van der Waals surface area contributed by atoms with Crippen LogP contribution in [0, 0.1) is 0 Å². The van der Waals surface area contributed by atoms with Crippen LogP contribution < -0.4 is 0 Å². The van der Waals surface area contributed by atoms with Crippen molar-refractivity contribution in [2.75, 3.05) is 17.3 Å². The van der Waals surface area contributed by atoms with Crippen molar-refractivity contribution in [3.8, 4) is 0 Å². The van der Waals surface area contributed by atoms with E-state index in [1.807, 2.05) is 0 Å². The van der Waals surface area contributed by atoms with Gasteiger partial charge in [-0.15, -0.1) is 0 Å². The van der Waals surface area contributed by atoms with Gasteiger partial charge in [0.15, 0.2) is 0 Å². The van der Waals surface area contributed by atoms with Crippen molar-refractivity contribution in [3.05, 3.63) is 0 Å². The fourth-order valence-corrected chi connectivity index (χ4v) is 6.97. The molecule has 0 aliphatic heterocycles. The topological polar surface area (TPSA) is 172 Å². The normalized spacial score (nSPS) is 11.6. The van der Waals surface area contributed by atoms with E-state index in [0.717, 1.165) is 38.5 Å². The van der Waals surface area contributed by atoms with Crippen LogP contribution in [0.15, 0.2) is 0 Å². The Labute approximate surface area is 315 Å². The molecule has 0 rings (SSSR count). The number of hydrogen-bond donors (Lipinski definition) is 0. The largest absolute Gasteiger partial charge is 3.00 e. The summed E-state index contributed by atoms with van der Waals surface area (Å²) < 4.78 is 92.8. The van der Waals surface area contributed by atoms with Crippen LogP contribution >= 0.6 is 0 Å². The van der Waals surface area contributed by atoms with Gasteiger partial charge in [0.05, 0.1) is 30.4 Å². The Morgan fingerprint density at radius 1 is 0.265 bits per heavy atom. The maximum atomic E-state index is 10.3. The third-order valence-corrected chi connectivity index (χ3v) is 10.6. The second-order valence-electron chi connectivity index (χ2n) is 13.3. The van der Waals surface area contributed by atoms with Crippen LogP contribution in [0.3, 0.4) is 0 Å². The summed E-state index contributed by atoms with van der Waals surface area (Å²) in [6, 6.07) is 0. The van der Waals surface area contributed by atoms with Gasteiger partial charge >= 0.3 is 17.1 Å². The molecule has 0 aromatic heterocycles. The zero-order valence-electron chi connectivity index (χ0n) is 31.6. The summed E-state index contributed by atoms with van der Waals surface area (Å²) >= 11 is 0. The third kappa shape index (κ3) is 67.0. The van der Waals surface area contributed by atoms with Crippen molar-refractivity contribution in [1.82, 2.24) is 0 Å². The van der Waals surface area contributed by atoms with Crippen molar-refractivity contribution in [1.29, 1.82) is 0 Å². The summed E-state index contributed by atoms with van der Waals surface area (Å²) in [5.74, 6) is -0.573. The third-order valence-electron chi connectivity index (χ3n) is 8.24. The summed E-state index contributed by atoms with van der Waals surface area (Å²) in [4.78, 5) is 0. The van der Waals surface area contributed by atoms with Crippen LogP contribution in [-0.2, 0) is 47.4 Å². The predicted molar refractivity (Wildman–Crippen MR) is 199 cm³/mol. The van der Waals surface area contributed by atoms with Crippen LogP contribution in [0.2, 0.25) is 0 Å². The monoisotopic (exact) mass is 803 g/mol. The summed E-state index contributed by atoms with van der Waals surface area (Å²) in [6.45, 7) is 6.64. The Bertz CT molecular complexity index is 835. The van der Waals surface area contributed by atoms with Crippen LogP contribution in [0.4, 0.5) is 0 Å². The van der Waals surface area contributed by atoms with E-state index >= 15 is 0 Å². The molecule has 13 heteroatoms. The summed E-state index contributed by atoms with van der Waals surface area (Å²) in [7, 11) is -11.9. The van der Waals surface area contributed by atoms with E-state index < -0.39 is 30.4 Å². The van der Waals surface area contributed by atoms with Gasteiger partial charge in [-0.3, -0.25) is 0 Å². The van der Waals surface area contributed by atoms with Gasteiger partial charge in [0.2, 0.25) is 0 Å². The molecule has 0 aliphatic rings. The molecule has 0 unspecified atom stereocenters. The minimum Gasteiger partial charge on any atom is -0.748 e. The summed E-state index contributed by atoms with van der Waals surface area (Å²) in [5, 5.41) is 0. The predicted octanol–water partition coefficient (Wildman–Crippen LogP) is 10.4. The summed E-state index contributed by atoms with van der Waals surface area (Å²) in [5.41, 5.74) is 0. The molecule has 0 heterocycles. The molecule has 0 bridgehead atoms. The maximum Gasteiger partial charge on any atom is 3.00 e. The van der Waals surface area contributed by atoms with Crippen LogP contribution in [-0.4, -0.2) is 56.2 Å². The molecule has 9 nitrogen and oxygen atoms in total. The van der Waals surface area contributed by atoms with Gasteiger partial charge in [0.25, 0.3) is 0 Å². The molecule has 0 atom stereocenters. The Morgan fingerprint density at radius 2 is 0.388 bits per heavy atom. The second-order valence-corrected chi connectivity index (χ2v) is 17.9. The first kappa shape index (κ1) is 56.0. The van der Waals surface area contributed by atoms with Gasteiger partial charge < -0.3 is 13.7 Å². The SMILES string of the molecule is CCCCCCCCCCCCS(=O)(=O)[O-].CCCCCCCCCCCCS(=O)(=O)[O-].CCCCCCCCCCCCS(=O)(=O)[O-].[Fe+3]. The van der Waals surface area contributed by atoms with Crippen molar-refractivity contribution in [3.63, 3.8) is 0 Å². The smallest absolute Gasteiger partial charge is 0.748 e. The minimum atomic E-state index is -3.98. The van der Waals surface area contributed by atoms with Gasteiger partial charge in [0, 0.05) is 17.3 Å². The van der Waals surface area contributed by atoms with Gasteiger partial charge in [-0.25, -0.2) is 25.3 Å². The molecular weight excluding hydrogens is 728 g/mol. The Morgan fingerprint density at radius 3 is 0.510 bits per heavy atom. The van der Waals surface area contributed by atoms with E-state index in [-0.39, 0.29) is 34.3 Å². The molecule has 0 aliphatic carbocycles. The maximum absolute atomic E-state index is 10.3. The quantitative estimate of drug-likeness (QED) is 0.0355. The van der Waals surface area contributed by atoms with Gasteiger partial charge in [-0.05, 0) is 19.3 Å². The molecule has 299 valence electrons. The first-order valence-electron chi connectivity index (χ1n) is 19.5. The fraction of sp³-hybridized carbons (Fsp3) is 1.00. The molecule has 0 aromatic carbocycles. The first-order valence-corrected chi connectivity index (χ1v) is 24.2. The second kappa shape index (κ2) is 41.0. The zero-order valence-corrected chi connectivity index (χ0v) is 35.1. The number of hydrogen-bond acceptors (Lipinski definition) is 9. The first-order chi connectivity index (χ1) is 22.7. The standard InChI is InChI=1S/3C12H26O3S.Fe/c3*1-2-3-4-5-6-7-8-9-10-11-12-16(13,14)15;/h3*2-12H2,1H3,(H,13,14,15);/q;;;+3/p-3. The van der Waals surface area contributed by atoms with E-state index in [9.17, 15) is 38.9 Å². The molecule has 0 amide bonds. The number of unbranched alkanes of at least 4 members (excludes halogenated alkanes) is 27. The van der Waals surface area contributed by atoms with Gasteiger partial charge in [-0.1, -0.05) is 194 Å². The average molecular weight is 804 g/mol. The molecule has 0 aromatic rings. The minimum absolute atomic E-state index is 0. The Kier molecular flexibility index (Phi) is 46.9. The van der Waals surface area contributed by atoms with Gasteiger partial charge in [0.1, 0.15) is 0 Å². The molecule has 0 saturated heterocycles. The van der Waals surface area contributed by atoms with E-state index in [0.29, 0.717) is 19.3 Å². The molecule has 0 saturated carbocycles. The van der Waals surface area contributed by atoms with E-state index in [4.69, 9.17) is 0 Å². The Balaban J connectivity index is -0.000000307. The van der Waals surface area contributed by atoms with Crippen LogP contribution in [0.5, 0.6) is 0 Å². The van der Waals surface area contributed by atoms with E-state index in [1.165, 1.54) is 135 Å². The average Bonchev–Trinajstić information content (AvgIpc) is 2.99. The molecule has 1 radical (unpaired) electrons. The van der Waals surface area contributed by atoms with E-state index in [2.05, 4.69) is 20.8 Å². The van der Waals surface area contributed by atoms with Crippen molar-refractivity contribution in [2.45, 2.75) is 213 Å². The van der Waals surface area contributed by atoms with Crippen molar-refractivity contribution >= 4 is 30.4 Å².